The Labute approximate surface area is 144 Å². The summed E-state index contributed by atoms with van der Waals surface area (Å²) < 4.78 is 3.58. The number of rotatable bonds is 6. The van der Waals surface area contributed by atoms with Gasteiger partial charge in [0.2, 0.25) is 0 Å². The van der Waals surface area contributed by atoms with Crippen LogP contribution in [-0.2, 0) is 19.5 Å². The van der Waals surface area contributed by atoms with Crippen LogP contribution in [0.2, 0.25) is 0 Å². The third-order valence-corrected chi connectivity index (χ3v) is 4.91. The molecule has 0 atom stereocenters. The Hall–Kier alpha value is -2.72. The normalized spacial score (nSPS) is 10.7. The van der Waals surface area contributed by atoms with Gasteiger partial charge in [0.15, 0.2) is 5.78 Å². The number of Topliss-reactive ketones (excluding diaryl/α,β-unsaturated/α-hetero) is 1. The zero-order valence-electron chi connectivity index (χ0n) is 13.6. The standard InChI is InChI=1S/C17H17N5OS/c1-12-8-15(16(23)10-21-11-19-17(9-18)20-21)13(2)22(12)6-5-14-4-3-7-24-14/h3-4,7-8,11H,5-6,10H2,1-2H3. The van der Waals surface area contributed by atoms with Crippen molar-refractivity contribution in [3.05, 3.63) is 57.6 Å². The monoisotopic (exact) mass is 339 g/mol. The third kappa shape index (κ3) is 3.29. The van der Waals surface area contributed by atoms with E-state index in [9.17, 15) is 4.79 Å². The molecule has 3 aromatic heterocycles. The van der Waals surface area contributed by atoms with Crippen LogP contribution in [0.3, 0.4) is 0 Å². The van der Waals surface area contributed by atoms with E-state index in [1.165, 1.54) is 15.9 Å². The van der Waals surface area contributed by atoms with Crippen LogP contribution in [0.15, 0.2) is 29.9 Å². The van der Waals surface area contributed by atoms with Gasteiger partial charge in [-0.2, -0.15) is 5.26 Å². The topological polar surface area (TPSA) is 76.5 Å². The molecule has 0 aliphatic rings. The second kappa shape index (κ2) is 6.81. The lowest BCUT2D eigenvalue weighted by Crippen LogP contribution is -2.12. The molecule has 0 aromatic carbocycles. The molecule has 0 unspecified atom stereocenters. The van der Waals surface area contributed by atoms with E-state index in [4.69, 9.17) is 5.26 Å². The van der Waals surface area contributed by atoms with Gasteiger partial charge in [-0.1, -0.05) is 6.07 Å². The average molecular weight is 339 g/mol. The van der Waals surface area contributed by atoms with Crippen molar-refractivity contribution in [2.75, 3.05) is 0 Å². The Bertz CT molecular complexity index is 898. The first-order chi connectivity index (χ1) is 11.6. The van der Waals surface area contributed by atoms with Crippen molar-refractivity contribution >= 4 is 17.1 Å². The maximum absolute atomic E-state index is 12.5. The molecule has 0 aliphatic heterocycles. The van der Waals surface area contributed by atoms with Gasteiger partial charge in [0.1, 0.15) is 18.9 Å². The molecular formula is C17H17N5OS. The Morgan fingerprint density at radius 1 is 1.42 bits per heavy atom. The quantitative estimate of drug-likeness (QED) is 0.647. The lowest BCUT2D eigenvalue weighted by molar-refractivity contribution is 0.0967. The van der Waals surface area contributed by atoms with Crippen LogP contribution in [0, 0.1) is 25.2 Å². The zero-order chi connectivity index (χ0) is 17.1. The van der Waals surface area contributed by atoms with Gasteiger partial charge in [0.25, 0.3) is 5.82 Å². The molecule has 0 amide bonds. The highest BCUT2D eigenvalue weighted by atomic mass is 32.1. The molecule has 3 heterocycles. The Kier molecular flexibility index (Phi) is 4.58. The molecular weight excluding hydrogens is 322 g/mol. The van der Waals surface area contributed by atoms with Crippen LogP contribution in [-0.4, -0.2) is 25.1 Å². The van der Waals surface area contributed by atoms with Crippen LogP contribution in [0.1, 0.15) is 32.4 Å². The van der Waals surface area contributed by atoms with E-state index < -0.39 is 0 Å². The smallest absolute Gasteiger partial charge is 0.252 e. The number of nitriles is 1. The van der Waals surface area contributed by atoms with Crippen LogP contribution < -0.4 is 0 Å². The number of aromatic nitrogens is 4. The highest BCUT2D eigenvalue weighted by Gasteiger charge is 2.16. The molecule has 3 aromatic rings. The Morgan fingerprint density at radius 2 is 2.25 bits per heavy atom. The number of thiophene rings is 1. The van der Waals surface area contributed by atoms with Crippen LogP contribution >= 0.6 is 11.3 Å². The second-order valence-corrected chi connectivity index (χ2v) is 6.60. The molecule has 0 N–H and O–H groups in total. The van der Waals surface area contributed by atoms with E-state index in [0.29, 0.717) is 5.56 Å². The fraction of sp³-hybridized carbons (Fsp3) is 0.294. The largest absolute Gasteiger partial charge is 0.348 e. The number of carbonyl (C=O) groups is 1. The van der Waals surface area contributed by atoms with Crippen molar-refractivity contribution in [3.63, 3.8) is 0 Å². The summed E-state index contributed by atoms with van der Waals surface area (Å²) in [4.78, 5) is 17.7. The summed E-state index contributed by atoms with van der Waals surface area (Å²) in [5.41, 5.74) is 2.74. The van der Waals surface area contributed by atoms with E-state index in [1.807, 2.05) is 26.0 Å². The van der Waals surface area contributed by atoms with Gasteiger partial charge in [-0.25, -0.2) is 9.67 Å². The highest BCUT2D eigenvalue weighted by Crippen LogP contribution is 2.18. The van der Waals surface area contributed by atoms with Gasteiger partial charge in [0, 0.05) is 28.4 Å². The molecule has 0 fully saturated rings. The minimum Gasteiger partial charge on any atom is -0.348 e. The molecule has 0 bridgehead atoms. The van der Waals surface area contributed by atoms with Gasteiger partial charge >= 0.3 is 0 Å². The summed E-state index contributed by atoms with van der Waals surface area (Å²) >= 11 is 1.75. The van der Waals surface area contributed by atoms with Gasteiger partial charge in [0.05, 0.1) is 0 Å². The molecule has 122 valence electrons. The lowest BCUT2D eigenvalue weighted by atomic mass is 10.1. The molecule has 0 saturated heterocycles. The summed E-state index contributed by atoms with van der Waals surface area (Å²) in [6, 6.07) is 7.96. The summed E-state index contributed by atoms with van der Waals surface area (Å²) in [6.45, 7) is 4.93. The average Bonchev–Trinajstić information content (AvgIpc) is 3.28. The summed E-state index contributed by atoms with van der Waals surface area (Å²) in [6.07, 6.45) is 2.36. The Morgan fingerprint density at radius 3 is 2.92 bits per heavy atom. The minimum absolute atomic E-state index is 0.0279. The molecule has 24 heavy (non-hydrogen) atoms. The first-order valence-electron chi connectivity index (χ1n) is 7.60. The van der Waals surface area contributed by atoms with Crippen molar-refractivity contribution in [1.29, 1.82) is 5.26 Å². The lowest BCUT2D eigenvalue weighted by Gasteiger charge is -2.09. The Balaban J connectivity index is 1.74. The fourth-order valence-corrected chi connectivity index (χ4v) is 3.46. The summed E-state index contributed by atoms with van der Waals surface area (Å²) in [5.74, 6) is 0.0454. The van der Waals surface area contributed by atoms with Crippen molar-refractivity contribution < 1.29 is 4.79 Å². The number of ketones is 1. The van der Waals surface area contributed by atoms with Crippen molar-refractivity contribution in [3.8, 4) is 6.07 Å². The molecule has 3 rings (SSSR count). The molecule has 7 heteroatoms. The van der Waals surface area contributed by atoms with E-state index >= 15 is 0 Å². The van der Waals surface area contributed by atoms with Crippen LogP contribution in [0.4, 0.5) is 0 Å². The number of aryl methyl sites for hydroxylation is 2. The number of hydrogen-bond donors (Lipinski definition) is 0. The van der Waals surface area contributed by atoms with Crippen LogP contribution in [0.25, 0.3) is 0 Å². The molecule has 6 nitrogen and oxygen atoms in total. The van der Waals surface area contributed by atoms with Crippen molar-refractivity contribution in [2.24, 2.45) is 0 Å². The van der Waals surface area contributed by atoms with E-state index in [-0.39, 0.29) is 18.2 Å². The summed E-state index contributed by atoms with van der Waals surface area (Å²) in [7, 11) is 0. The van der Waals surface area contributed by atoms with Gasteiger partial charge in [-0.15, -0.1) is 16.4 Å². The highest BCUT2D eigenvalue weighted by molar-refractivity contribution is 7.09. The van der Waals surface area contributed by atoms with Crippen LogP contribution in [0.5, 0.6) is 0 Å². The minimum atomic E-state index is -0.0279. The second-order valence-electron chi connectivity index (χ2n) is 5.57. The van der Waals surface area contributed by atoms with E-state index in [2.05, 4.69) is 32.2 Å². The van der Waals surface area contributed by atoms with Gasteiger partial charge < -0.3 is 4.57 Å². The predicted molar refractivity (Wildman–Crippen MR) is 91.0 cm³/mol. The SMILES string of the molecule is Cc1cc(C(=O)Cn2cnc(C#N)n2)c(C)n1CCc1cccs1. The maximum atomic E-state index is 12.5. The number of carbonyl (C=O) groups excluding carboxylic acids is 1. The maximum Gasteiger partial charge on any atom is 0.252 e. The van der Waals surface area contributed by atoms with Gasteiger partial charge in [-0.05, 0) is 37.8 Å². The van der Waals surface area contributed by atoms with Crippen molar-refractivity contribution in [2.45, 2.75) is 33.4 Å². The third-order valence-electron chi connectivity index (χ3n) is 3.98. The zero-order valence-corrected chi connectivity index (χ0v) is 14.4. The van der Waals surface area contributed by atoms with Gasteiger partial charge in [-0.3, -0.25) is 4.79 Å². The molecule has 0 aliphatic carbocycles. The van der Waals surface area contributed by atoms with E-state index in [0.717, 1.165) is 24.4 Å². The first-order valence-corrected chi connectivity index (χ1v) is 8.48. The molecule has 0 spiro atoms. The summed E-state index contributed by atoms with van der Waals surface area (Å²) in [5, 5.41) is 14.8. The number of hydrogen-bond acceptors (Lipinski definition) is 5. The first kappa shape index (κ1) is 16.1. The number of nitrogens with zero attached hydrogens (tertiary/aromatic N) is 5. The van der Waals surface area contributed by atoms with E-state index in [1.54, 1.807) is 11.3 Å². The predicted octanol–water partition coefficient (Wildman–Crippen LogP) is 2.76. The fourth-order valence-electron chi connectivity index (χ4n) is 2.76. The molecule has 0 radical (unpaired) electrons. The molecule has 0 saturated carbocycles. The van der Waals surface area contributed by atoms with Crippen molar-refractivity contribution in [1.82, 2.24) is 19.3 Å².